The fourth-order valence-electron chi connectivity index (χ4n) is 4.09. The van der Waals surface area contributed by atoms with Gasteiger partial charge in [-0.2, -0.15) is 16.4 Å². The molecule has 1 aliphatic carbocycles. The number of aromatic amines is 1. The van der Waals surface area contributed by atoms with Crippen LogP contribution in [-0.2, 0) is 12.0 Å². The monoisotopic (exact) mass is 408 g/mol. The maximum atomic E-state index is 13.4. The number of hydrogen-bond donors (Lipinski definition) is 2. The maximum Gasteiger partial charge on any atom is 0.274 e. The third-order valence-electron chi connectivity index (χ3n) is 5.92. The van der Waals surface area contributed by atoms with E-state index in [1.54, 1.807) is 11.3 Å². The molecule has 0 bridgehead atoms. The van der Waals surface area contributed by atoms with Crippen LogP contribution in [0.3, 0.4) is 0 Å². The largest absolute Gasteiger partial charge is 0.329 e. The smallest absolute Gasteiger partial charge is 0.274 e. The molecule has 3 heterocycles. The van der Waals surface area contributed by atoms with Crippen molar-refractivity contribution in [1.29, 1.82) is 0 Å². The summed E-state index contributed by atoms with van der Waals surface area (Å²) < 4.78 is 0. The minimum atomic E-state index is -0.0421. The topological polar surface area (TPSA) is 61.0 Å². The molecule has 27 heavy (non-hydrogen) atoms. The van der Waals surface area contributed by atoms with Gasteiger partial charge in [-0.25, -0.2) is 0 Å². The number of piperidine rings is 1. The van der Waals surface area contributed by atoms with Crippen LogP contribution in [-0.4, -0.2) is 40.1 Å². The van der Waals surface area contributed by atoms with Crippen LogP contribution in [0.15, 0.2) is 22.9 Å². The van der Waals surface area contributed by atoms with Crippen LogP contribution >= 0.6 is 23.7 Å². The van der Waals surface area contributed by atoms with E-state index in [1.165, 1.54) is 18.4 Å². The minimum Gasteiger partial charge on any atom is -0.329 e. The molecule has 1 spiro atoms. The van der Waals surface area contributed by atoms with Gasteiger partial charge in [0.05, 0.1) is 0 Å². The summed E-state index contributed by atoms with van der Waals surface area (Å²) in [6.07, 6.45) is 3.46. The van der Waals surface area contributed by atoms with Crippen LogP contribution in [0.1, 0.15) is 61.8 Å². The SMILES string of the molecule is CC(C)(C)c1cc(C(=O)N(Cc2ccsc2)C2CC23CCNCC3)n[nH]1.Cl. The van der Waals surface area contributed by atoms with Crippen molar-refractivity contribution in [2.75, 3.05) is 13.1 Å². The Morgan fingerprint density at radius 3 is 2.70 bits per heavy atom. The number of thiophene rings is 1. The normalized spacial score (nSPS) is 20.9. The van der Waals surface area contributed by atoms with E-state index >= 15 is 0 Å². The van der Waals surface area contributed by atoms with Gasteiger partial charge in [0.1, 0.15) is 5.69 Å². The molecule has 2 N–H and O–H groups in total. The molecule has 148 valence electrons. The van der Waals surface area contributed by atoms with E-state index in [9.17, 15) is 4.79 Å². The average molecular weight is 409 g/mol. The van der Waals surface area contributed by atoms with Crippen molar-refractivity contribution in [3.8, 4) is 0 Å². The second-order valence-corrected chi connectivity index (χ2v) is 9.59. The van der Waals surface area contributed by atoms with Crippen LogP contribution < -0.4 is 5.32 Å². The summed E-state index contributed by atoms with van der Waals surface area (Å²) in [7, 11) is 0. The predicted octanol–water partition coefficient (Wildman–Crippen LogP) is 3.98. The number of hydrogen-bond acceptors (Lipinski definition) is 4. The molecule has 2 aromatic rings. The zero-order chi connectivity index (χ0) is 18.4. The molecule has 2 aromatic heterocycles. The highest BCUT2D eigenvalue weighted by Crippen LogP contribution is 2.56. The molecule has 0 radical (unpaired) electrons. The molecule has 4 rings (SSSR count). The lowest BCUT2D eigenvalue weighted by molar-refractivity contribution is 0.0686. The van der Waals surface area contributed by atoms with Crippen LogP contribution in [0.5, 0.6) is 0 Å². The number of carbonyl (C=O) groups excluding carboxylic acids is 1. The molecule has 1 unspecified atom stereocenters. The second-order valence-electron chi connectivity index (χ2n) is 8.81. The molecular weight excluding hydrogens is 380 g/mol. The quantitative estimate of drug-likeness (QED) is 0.804. The Bertz CT molecular complexity index is 774. The number of amides is 1. The summed E-state index contributed by atoms with van der Waals surface area (Å²) in [5.41, 5.74) is 3.04. The summed E-state index contributed by atoms with van der Waals surface area (Å²) in [4.78, 5) is 15.4. The number of H-pyrrole nitrogens is 1. The van der Waals surface area contributed by atoms with E-state index in [4.69, 9.17) is 0 Å². The van der Waals surface area contributed by atoms with Crippen molar-refractivity contribution in [1.82, 2.24) is 20.4 Å². The highest BCUT2D eigenvalue weighted by atomic mass is 35.5. The van der Waals surface area contributed by atoms with Gasteiger partial charge < -0.3 is 10.2 Å². The highest BCUT2D eigenvalue weighted by Gasteiger charge is 2.58. The Balaban J connectivity index is 0.00000210. The Morgan fingerprint density at radius 1 is 1.37 bits per heavy atom. The van der Waals surface area contributed by atoms with Gasteiger partial charge in [0.15, 0.2) is 0 Å². The van der Waals surface area contributed by atoms with E-state index in [2.05, 4.69) is 58.0 Å². The maximum absolute atomic E-state index is 13.4. The fraction of sp³-hybridized carbons (Fsp3) is 0.600. The van der Waals surface area contributed by atoms with Crippen molar-refractivity contribution >= 4 is 29.7 Å². The first-order valence-corrected chi connectivity index (χ1v) is 10.4. The van der Waals surface area contributed by atoms with Crippen molar-refractivity contribution in [3.05, 3.63) is 39.8 Å². The first-order valence-electron chi connectivity index (χ1n) is 9.48. The van der Waals surface area contributed by atoms with E-state index in [-0.39, 0.29) is 23.7 Å². The molecule has 1 saturated carbocycles. The number of rotatable bonds is 4. The first kappa shape index (κ1) is 20.4. The van der Waals surface area contributed by atoms with E-state index in [0.717, 1.165) is 25.2 Å². The van der Waals surface area contributed by atoms with E-state index < -0.39 is 0 Å². The zero-order valence-corrected chi connectivity index (χ0v) is 17.9. The van der Waals surface area contributed by atoms with Gasteiger partial charge in [-0.15, -0.1) is 12.4 Å². The molecule has 1 amide bonds. The molecule has 5 nitrogen and oxygen atoms in total. The summed E-state index contributed by atoms with van der Waals surface area (Å²) in [6.45, 7) is 9.19. The Labute approximate surface area is 171 Å². The minimum absolute atomic E-state index is 0. The van der Waals surface area contributed by atoms with Crippen molar-refractivity contribution < 1.29 is 4.79 Å². The molecular formula is C20H29ClN4OS. The van der Waals surface area contributed by atoms with Crippen molar-refractivity contribution in [3.63, 3.8) is 0 Å². The number of nitrogens with zero attached hydrogens (tertiary/aromatic N) is 2. The Hall–Kier alpha value is -1.37. The van der Waals surface area contributed by atoms with Crippen molar-refractivity contribution in [2.24, 2.45) is 5.41 Å². The molecule has 7 heteroatoms. The Kier molecular flexibility index (Phi) is 5.71. The molecule has 1 atom stereocenters. The molecule has 2 fully saturated rings. The summed E-state index contributed by atoms with van der Waals surface area (Å²) in [6, 6.07) is 4.39. The van der Waals surface area contributed by atoms with Crippen molar-refractivity contribution in [2.45, 2.75) is 58.0 Å². The average Bonchev–Trinajstić information content (AvgIpc) is 3.06. The third kappa shape index (κ3) is 4.08. The van der Waals surface area contributed by atoms with Gasteiger partial charge in [0.25, 0.3) is 5.91 Å². The third-order valence-corrected chi connectivity index (χ3v) is 6.65. The zero-order valence-electron chi connectivity index (χ0n) is 16.2. The predicted molar refractivity (Wildman–Crippen MR) is 112 cm³/mol. The van der Waals surface area contributed by atoms with Gasteiger partial charge in [-0.3, -0.25) is 9.89 Å². The molecule has 0 aromatic carbocycles. The summed E-state index contributed by atoms with van der Waals surface area (Å²) >= 11 is 1.69. The number of carbonyl (C=O) groups is 1. The Morgan fingerprint density at radius 2 is 2.11 bits per heavy atom. The molecule has 1 aliphatic heterocycles. The van der Waals surface area contributed by atoms with Crippen LogP contribution in [0.4, 0.5) is 0 Å². The van der Waals surface area contributed by atoms with Crippen LogP contribution in [0.25, 0.3) is 0 Å². The number of aromatic nitrogens is 2. The highest BCUT2D eigenvalue weighted by molar-refractivity contribution is 7.07. The molecule has 2 aliphatic rings. The van der Waals surface area contributed by atoms with Gasteiger partial charge in [0.2, 0.25) is 0 Å². The lowest BCUT2D eigenvalue weighted by Crippen LogP contribution is -2.39. The van der Waals surface area contributed by atoms with Gasteiger partial charge >= 0.3 is 0 Å². The van der Waals surface area contributed by atoms with Crippen LogP contribution in [0, 0.1) is 5.41 Å². The van der Waals surface area contributed by atoms with Crippen LogP contribution in [0.2, 0.25) is 0 Å². The standard InChI is InChI=1S/C20H28N4OS.ClH/c1-19(2,3)16-10-15(22-23-16)18(25)24(12-14-4-9-26-13-14)17-11-20(17)5-7-21-8-6-20;/h4,9-10,13,17,21H,5-8,11-12H2,1-3H3,(H,22,23);1H. The number of halogens is 1. The van der Waals surface area contributed by atoms with Gasteiger partial charge in [-0.05, 0) is 66.2 Å². The summed E-state index contributed by atoms with van der Waals surface area (Å²) in [5.74, 6) is 0.0587. The van der Waals surface area contributed by atoms with Gasteiger partial charge in [0, 0.05) is 23.7 Å². The second kappa shape index (κ2) is 7.57. The lowest BCUT2D eigenvalue weighted by atomic mass is 9.92. The lowest BCUT2D eigenvalue weighted by Gasteiger charge is -2.29. The first-order chi connectivity index (χ1) is 12.4. The van der Waals surface area contributed by atoms with E-state index in [0.29, 0.717) is 23.7 Å². The number of nitrogens with one attached hydrogen (secondary N) is 2. The summed E-state index contributed by atoms with van der Waals surface area (Å²) in [5, 5.41) is 15.1. The molecule has 1 saturated heterocycles. The van der Waals surface area contributed by atoms with Gasteiger partial charge in [-0.1, -0.05) is 20.8 Å². The fourth-order valence-corrected chi connectivity index (χ4v) is 4.75. The van der Waals surface area contributed by atoms with E-state index in [1.807, 2.05) is 6.07 Å².